The van der Waals surface area contributed by atoms with Gasteiger partial charge in [0.05, 0.1) is 12.9 Å². The minimum Gasteiger partial charge on any atom is -0.347 e. The van der Waals surface area contributed by atoms with Crippen LogP contribution in [0.3, 0.4) is 0 Å². The summed E-state index contributed by atoms with van der Waals surface area (Å²) in [5.74, 6) is 0. The maximum atomic E-state index is 4.16. The molecular formula is C12H22N2. The Morgan fingerprint density at radius 3 is 2.79 bits per heavy atom. The van der Waals surface area contributed by atoms with Crippen molar-refractivity contribution in [3.05, 3.63) is 23.4 Å². The third kappa shape index (κ3) is 4.26. The van der Waals surface area contributed by atoms with Crippen molar-refractivity contribution in [2.24, 2.45) is 4.99 Å². The van der Waals surface area contributed by atoms with Crippen LogP contribution in [0.2, 0.25) is 0 Å². The van der Waals surface area contributed by atoms with Gasteiger partial charge in [0.25, 0.3) is 0 Å². The molecule has 0 saturated carbocycles. The van der Waals surface area contributed by atoms with Crippen LogP contribution in [0.5, 0.6) is 0 Å². The maximum Gasteiger partial charge on any atom is 0.0872 e. The van der Waals surface area contributed by atoms with E-state index in [9.17, 15) is 0 Å². The summed E-state index contributed by atoms with van der Waals surface area (Å²) in [6.07, 6.45) is 8.46. The molecule has 80 valence electrons. The van der Waals surface area contributed by atoms with Crippen molar-refractivity contribution >= 4 is 6.34 Å². The summed E-state index contributed by atoms with van der Waals surface area (Å²) in [7, 11) is 0. The van der Waals surface area contributed by atoms with Crippen LogP contribution in [0.25, 0.3) is 0 Å². The van der Waals surface area contributed by atoms with Crippen LogP contribution >= 0.6 is 0 Å². The van der Waals surface area contributed by atoms with Gasteiger partial charge in [-0.2, -0.15) is 0 Å². The monoisotopic (exact) mass is 194 g/mol. The van der Waals surface area contributed by atoms with Gasteiger partial charge >= 0.3 is 0 Å². The van der Waals surface area contributed by atoms with Crippen LogP contribution in [0.1, 0.15) is 40.5 Å². The van der Waals surface area contributed by atoms with E-state index in [1.54, 1.807) is 6.34 Å². The molecule has 0 saturated heterocycles. The molecule has 0 aliphatic carbocycles. The van der Waals surface area contributed by atoms with E-state index in [-0.39, 0.29) is 0 Å². The summed E-state index contributed by atoms with van der Waals surface area (Å²) < 4.78 is 0. The molecule has 14 heavy (non-hydrogen) atoms. The Hall–Kier alpha value is -1.05. The molecule has 0 aromatic carbocycles. The summed E-state index contributed by atoms with van der Waals surface area (Å²) in [5.41, 5.74) is 2.53. The first-order chi connectivity index (χ1) is 6.88. The number of nitrogens with zero attached hydrogens (tertiary/aromatic N) is 1. The van der Waals surface area contributed by atoms with Gasteiger partial charge in [-0.05, 0) is 18.9 Å². The lowest BCUT2D eigenvalue weighted by Gasteiger charge is -2.14. The summed E-state index contributed by atoms with van der Waals surface area (Å²) in [6.45, 7) is 9.06. The van der Waals surface area contributed by atoms with Crippen molar-refractivity contribution in [3.8, 4) is 0 Å². The quantitative estimate of drug-likeness (QED) is 0.716. The predicted molar refractivity (Wildman–Crippen MR) is 64.6 cm³/mol. The molecule has 1 aliphatic heterocycles. The van der Waals surface area contributed by atoms with Crippen molar-refractivity contribution < 1.29 is 0 Å². The highest BCUT2D eigenvalue weighted by Crippen LogP contribution is 2.11. The first-order valence-corrected chi connectivity index (χ1v) is 5.49. The minimum atomic E-state index is 0.826. The Bertz CT molecular complexity index is 224. The number of unbranched alkanes of at least 4 members (excludes halogenated alkanes) is 1. The van der Waals surface area contributed by atoms with Crippen LogP contribution in [-0.4, -0.2) is 12.9 Å². The fourth-order valence-corrected chi connectivity index (χ4v) is 1.20. The first-order valence-electron chi connectivity index (χ1n) is 5.49. The smallest absolute Gasteiger partial charge is 0.0872 e. The third-order valence-electron chi connectivity index (χ3n) is 1.89. The molecule has 0 spiro atoms. The van der Waals surface area contributed by atoms with Crippen LogP contribution in [0.15, 0.2) is 28.4 Å². The van der Waals surface area contributed by atoms with Crippen molar-refractivity contribution in [1.29, 1.82) is 0 Å². The van der Waals surface area contributed by atoms with Crippen molar-refractivity contribution in [2.45, 2.75) is 40.5 Å². The van der Waals surface area contributed by atoms with Gasteiger partial charge in [0.1, 0.15) is 0 Å². The van der Waals surface area contributed by atoms with Crippen molar-refractivity contribution in [3.63, 3.8) is 0 Å². The molecular weight excluding hydrogens is 172 g/mol. The molecule has 0 radical (unpaired) electrons. The third-order valence-corrected chi connectivity index (χ3v) is 1.89. The Kier molecular flexibility index (Phi) is 7.90. The van der Waals surface area contributed by atoms with Crippen LogP contribution in [0.4, 0.5) is 0 Å². The van der Waals surface area contributed by atoms with Gasteiger partial charge in [-0.15, -0.1) is 0 Å². The molecule has 0 atom stereocenters. The van der Waals surface area contributed by atoms with Crippen LogP contribution < -0.4 is 5.32 Å². The molecule has 1 rings (SSSR count). The van der Waals surface area contributed by atoms with E-state index in [2.05, 4.69) is 29.4 Å². The first kappa shape index (κ1) is 12.9. The predicted octanol–water partition coefficient (Wildman–Crippen LogP) is 3.27. The highest BCUT2D eigenvalue weighted by Gasteiger charge is 2.04. The summed E-state index contributed by atoms with van der Waals surface area (Å²) in [4.78, 5) is 4.16. The average Bonchev–Trinajstić information content (AvgIpc) is 2.29. The molecule has 0 bridgehead atoms. The molecule has 1 aliphatic rings. The van der Waals surface area contributed by atoms with Gasteiger partial charge < -0.3 is 5.32 Å². The largest absolute Gasteiger partial charge is 0.347 e. The zero-order valence-electron chi connectivity index (χ0n) is 9.80. The second-order valence-corrected chi connectivity index (χ2v) is 2.83. The maximum absolute atomic E-state index is 4.16. The molecule has 2 heteroatoms. The highest BCUT2D eigenvalue weighted by atomic mass is 15.0. The molecule has 2 nitrogen and oxygen atoms in total. The number of allylic oxidation sites excluding steroid dienone is 2. The zero-order chi connectivity index (χ0) is 10.8. The van der Waals surface area contributed by atoms with E-state index in [1.165, 1.54) is 17.7 Å². The van der Waals surface area contributed by atoms with Gasteiger partial charge in [-0.1, -0.05) is 39.3 Å². The molecule has 1 heterocycles. The number of aliphatic imine (C=N–C) groups is 1. The van der Waals surface area contributed by atoms with Crippen LogP contribution in [0, 0.1) is 0 Å². The van der Waals surface area contributed by atoms with Gasteiger partial charge in [0.2, 0.25) is 0 Å². The molecule has 0 amide bonds. The number of hydrogen-bond acceptors (Lipinski definition) is 2. The summed E-state index contributed by atoms with van der Waals surface area (Å²) in [6, 6.07) is 0. The highest BCUT2D eigenvalue weighted by molar-refractivity contribution is 5.63. The Labute approximate surface area is 87.8 Å². The van der Waals surface area contributed by atoms with E-state index in [0.29, 0.717) is 0 Å². The normalized spacial score (nSPS) is 20.3. The lowest BCUT2D eigenvalue weighted by atomic mass is 10.1. The topological polar surface area (TPSA) is 24.4 Å². The molecule has 0 fully saturated rings. The number of rotatable bonds is 2. The van der Waals surface area contributed by atoms with E-state index < -0.39 is 0 Å². The van der Waals surface area contributed by atoms with E-state index in [0.717, 1.165) is 13.0 Å². The Morgan fingerprint density at radius 1 is 1.50 bits per heavy atom. The number of hydrogen-bond donors (Lipinski definition) is 1. The molecule has 0 aromatic heterocycles. The fourth-order valence-electron chi connectivity index (χ4n) is 1.20. The second kappa shape index (κ2) is 8.54. The van der Waals surface area contributed by atoms with Crippen molar-refractivity contribution in [1.82, 2.24) is 5.32 Å². The number of nitrogens with one attached hydrogen (secondary N) is 1. The van der Waals surface area contributed by atoms with E-state index >= 15 is 0 Å². The molecule has 0 unspecified atom stereocenters. The fraction of sp³-hybridized carbons (Fsp3) is 0.583. The zero-order valence-corrected chi connectivity index (χ0v) is 9.80. The molecule has 1 N–H and O–H groups in total. The summed E-state index contributed by atoms with van der Waals surface area (Å²) >= 11 is 0. The minimum absolute atomic E-state index is 0.826. The Morgan fingerprint density at radius 2 is 2.21 bits per heavy atom. The Balaban J connectivity index is 0.000000791. The van der Waals surface area contributed by atoms with Gasteiger partial charge in [-0.25, -0.2) is 0 Å². The average molecular weight is 194 g/mol. The van der Waals surface area contributed by atoms with Gasteiger partial charge in [0, 0.05) is 5.70 Å². The van der Waals surface area contributed by atoms with Gasteiger partial charge in [0.15, 0.2) is 0 Å². The lowest BCUT2D eigenvalue weighted by Crippen LogP contribution is -2.19. The SMILES string of the molecule is C/C=C1/NC=NC/C1=C/CCC.CC. The molecule has 0 aromatic rings. The van der Waals surface area contributed by atoms with Crippen molar-refractivity contribution in [2.75, 3.05) is 6.54 Å². The van der Waals surface area contributed by atoms with E-state index in [1.807, 2.05) is 20.8 Å². The second-order valence-electron chi connectivity index (χ2n) is 2.83. The standard InChI is InChI=1S/C10H16N2.C2H6/c1-3-5-6-9-7-11-8-12-10(9)4-2;1-2/h4,6,8H,3,5,7H2,1-2H3,(H,11,12);1-2H3/b9-6-,10-4+;. The van der Waals surface area contributed by atoms with E-state index in [4.69, 9.17) is 0 Å². The van der Waals surface area contributed by atoms with Gasteiger partial charge in [-0.3, -0.25) is 4.99 Å². The lowest BCUT2D eigenvalue weighted by molar-refractivity contribution is 0.923. The van der Waals surface area contributed by atoms with Crippen LogP contribution in [-0.2, 0) is 0 Å². The summed E-state index contributed by atoms with van der Waals surface area (Å²) in [5, 5.41) is 3.13.